The monoisotopic (exact) mass is 305 g/mol. The lowest BCUT2D eigenvalue weighted by Gasteiger charge is -2.17. The van der Waals surface area contributed by atoms with E-state index in [2.05, 4.69) is 41.3 Å². The molecule has 3 nitrogen and oxygen atoms in total. The van der Waals surface area contributed by atoms with Crippen molar-refractivity contribution in [1.82, 2.24) is 5.32 Å². The number of nitrogens with zero attached hydrogens (tertiary/aromatic N) is 1. The molecule has 0 aliphatic heterocycles. The molecule has 1 aromatic rings. The second kappa shape index (κ2) is 12.2. The quantitative estimate of drug-likeness (QED) is 0.459. The summed E-state index contributed by atoms with van der Waals surface area (Å²) in [5.41, 5.74) is 0. The van der Waals surface area contributed by atoms with Crippen LogP contribution in [0.2, 0.25) is 0 Å². The molecular weight excluding hydrogens is 272 g/mol. The number of unbranched alkanes of at least 4 members (excludes halogenated alkanes) is 5. The van der Waals surface area contributed by atoms with Crippen LogP contribution in [-0.4, -0.2) is 11.9 Å². The molecule has 0 aromatic carbocycles. The minimum absolute atomic E-state index is 0.100. The molecule has 0 saturated carbocycles. The second-order valence-corrected chi connectivity index (χ2v) is 6.21. The van der Waals surface area contributed by atoms with Crippen molar-refractivity contribution in [3.05, 3.63) is 30.6 Å². The Kier molecular flexibility index (Phi) is 10.3. The maximum absolute atomic E-state index is 11.3. The molecule has 1 N–H and O–H groups in total. The first-order chi connectivity index (χ1) is 10.7. The van der Waals surface area contributed by atoms with E-state index < -0.39 is 0 Å². The molecule has 0 saturated heterocycles. The van der Waals surface area contributed by atoms with Crippen LogP contribution in [0.25, 0.3) is 0 Å². The molecule has 124 valence electrons. The molecule has 0 radical (unpaired) electrons. The molecule has 0 aliphatic rings. The van der Waals surface area contributed by atoms with Gasteiger partial charge in [-0.3, -0.25) is 4.79 Å². The van der Waals surface area contributed by atoms with Crippen LogP contribution in [0, 0.1) is 0 Å². The third-order valence-corrected chi connectivity index (χ3v) is 4.06. The van der Waals surface area contributed by atoms with Crippen molar-refractivity contribution in [2.24, 2.45) is 0 Å². The van der Waals surface area contributed by atoms with E-state index in [1.807, 2.05) is 6.07 Å². The van der Waals surface area contributed by atoms with E-state index in [0.717, 1.165) is 25.8 Å². The number of nitrogens with one attached hydrogen (secondary N) is 1. The maximum atomic E-state index is 11.3. The maximum Gasteiger partial charge on any atom is 0.217 e. The minimum atomic E-state index is 0.100. The van der Waals surface area contributed by atoms with E-state index >= 15 is 0 Å². The van der Waals surface area contributed by atoms with Crippen LogP contribution in [-0.2, 0) is 11.3 Å². The number of carbonyl (C=O) groups excluding carboxylic acids is 1. The number of hydrogen-bond donors (Lipinski definition) is 1. The van der Waals surface area contributed by atoms with Gasteiger partial charge in [-0.25, -0.2) is 4.57 Å². The average molecular weight is 305 g/mol. The molecule has 22 heavy (non-hydrogen) atoms. The highest BCUT2D eigenvalue weighted by atomic mass is 16.1. The third-order valence-electron chi connectivity index (χ3n) is 4.06. The van der Waals surface area contributed by atoms with Crippen molar-refractivity contribution in [3.63, 3.8) is 0 Å². The molecule has 3 heteroatoms. The fourth-order valence-electron chi connectivity index (χ4n) is 2.85. The summed E-state index contributed by atoms with van der Waals surface area (Å²) < 4.78 is 2.20. The van der Waals surface area contributed by atoms with Crippen LogP contribution in [0.4, 0.5) is 0 Å². The van der Waals surface area contributed by atoms with Gasteiger partial charge in [0.2, 0.25) is 5.91 Å². The predicted octanol–water partition coefficient (Wildman–Crippen LogP) is 4.01. The Morgan fingerprint density at radius 3 is 2.27 bits per heavy atom. The highest BCUT2D eigenvalue weighted by Gasteiger charge is 2.10. The fraction of sp³-hybridized carbons (Fsp3) is 0.684. The number of aryl methyl sites for hydroxylation is 1. The van der Waals surface area contributed by atoms with Crippen molar-refractivity contribution in [2.75, 3.05) is 0 Å². The summed E-state index contributed by atoms with van der Waals surface area (Å²) in [4.78, 5) is 11.3. The van der Waals surface area contributed by atoms with Crippen molar-refractivity contribution < 1.29 is 9.36 Å². The molecule has 1 rings (SSSR count). The van der Waals surface area contributed by atoms with Crippen LogP contribution >= 0.6 is 0 Å². The molecule has 1 unspecified atom stereocenters. The molecule has 1 heterocycles. The Balaban J connectivity index is 2.20. The highest BCUT2D eigenvalue weighted by Crippen LogP contribution is 2.11. The SMILES string of the molecule is CCCCCCCCC(CCC[n+]1ccccc1)NC(C)=O. The smallest absolute Gasteiger partial charge is 0.217 e. The third kappa shape index (κ3) is 9.54. The zero-order valence-corrected chi connectivity index (χ0v) is 14.4. The molecule has 0 fully saturated rings. The molecule has 1 aromatic heterocycles. The normalized spacial score (nSPS) is 12.1. The number of carbonyl (C=O) groups is 1. The molecular formula is C19H33N2O+. The Bertz CT molecular complexity index is 392. The first-order valence-corrected chi connectivity index (χ1v) is 8.93. The van der Waals surface area contributed by atoms with Crippen molar-refractivity contribution in [2.45, 2.75) is 84.2 Å². The van der Waals surface area contributed by atoms with Crippen molar-refractivity contribution in [1.29, 1.82) is 0 Å². The topological polar surface area (TPSA) is 33.0 Å². The van der Waals surface area contributed by atoms with Crippen molar-refractivity contribution >= 4 is 5.91 Å². The molecule has 0 aliphatic carbocycles. The molecule has 1 amide bonds. The van der Waals surface area contributed by atoms with Gasteiger partial charge in [0, 0.05) is 31.5 Å². The molecule has 0 bridgehead atoms. The first-order valence-electron chi connectivity index (χ1n) is 8.93. The number of amides is 1. The van der Waals surface area contributed by atoms with Gasteiger partial charge in [0.25, 0.3) is 0 Å². The van der Waals surface area contributed by atoms with Gasteiger partial charge in [-0.1, -0.05) is 51.5 Å². The summed E-state index contributed by atoms with van der Waals surface area (Å²) in [5, 5.41) is 3.12. The Labute approximate surface area is 136 Å². The van der Waals surface area contributed by atoms with Gasteiger partial charge in [0.05, 0.1) is 0 Å². The lowest BCUT2D eigenvalue weighted by atomic mass is 10.0. The first kappa shape index (κ1) is 18.7. The Morgan fingerprint density at radius 2 is 1.59 bits per heavy atom. The molecule has 0 spiro atoms. The van der Waals surface area contributed by atoms with E-state index in [0.29, 0.717) is 6.04 Å². The summed E-state index contributed by atoms with van der Waals surface area (Å²) in [6.45, 7) is 4.89. The van der Waals surface area contributed by atoms with Gasteiger partial charge >= 0.3 is 0 Å². The fourth-order valence-corrected chi connectivity index (χ4v) is 2.85. The summed E-state index contributed by atoms with van der Waals surface area (Å²) >= 11 is 0. The van der Waals surface area contributed by atoms with E-state index in [9.17, 15) is 4.79 Å². The van der Waals surface area contributed by atoms with Crippen LogP contribution < -0.4 is 9.88 Å². The summed E-state index contributed by atoms with van der Waals surface area (Å²) in [7, 11) is 0. The van der Waals surface area contributed by atoms with Gasteiger partial charge < -0.3 is 5.32 Å². The highest BCUT2D eigenvalue weighted by molar-refractivity contribution is 5.73. The largest absolute Gasteiger partial charge is 0.354 e. The van der Waals surface area contributed by atoms with Gasteiger partial charge in [-0.2, -0.15) is 0 Å². The van der Waals surface area contributed by atoms with Gasteiger partial charge in [-0.15, -0.1) is 0 Å². The summed E-state index contributed by atoms with van der Waals surface area (Å²) in [5.74, 6) is 0.100. The van der Waals surface area contributed by atoms with Gasteiger partial charge in [-0.05, 0) is 12.8 Å². The van der Waals surface area contributed by atoms with E-state index in [1.54, 1.807) is 6.92 Å². The van der Waals surface area contributed by atoms with Crippen LogP contribution in [0.1, 0.15) is 71.6 Å². The lowest BCUT2D eigenvalue weighted by molar-refractivity contribution is -0.697. The van der Waals surface area contributed by atoms with Crippen LogP contribution in [0.15, 0.2) is 30.6 Å². The minimum Gasteiger partial charge on any atom is -0.354 e. The van der Waals surface area contributed by atoms with Crippen LogP contribution in [0.3, 0.4) is 0 Å². The summed E-state index contributed by atoms with van der Waals surface area (Å²) in [6, 6.07) is 6.49. The second-order valence-electron chi connectivity index (χ2n) is 6.21. The molecule has 1 atom stereocenters. The Hall–Kier alpha value is -1.38. The zero-order valence-electron chi connectivity index (χ0n) is 14.4. The van der Waals surface area contributed by atoms with E-state index in [-0.39, 0.29) is 5.91 Å². The number of pyridine rings is 1. The predicted molar refractivity (Wildman–Crippen MR) is 91.5 cm³/mol. The lowest BCUT2D eigenvalue weighted by Crippen LogP contribution is -2.36. The Morgan fingerprint density at radius 1 is 0.955 bits per heavy atom. The zero-order chi connectivity index (χ0) is 16.0. The number of rotatable bonds is 12. The van der Waals surface area contributed by atoms with Crippen molar-refractivity contribution in [3.8, 4) is 0 Å². The van der Waals surface area contributed by atoms with Crippen LogP contribution in [0.5, 0.6) is 0 Å². The average Bonchev–Trinajstić information content (AvgIpc) is 2.51. The number of hydrogen-bond acceptors (Lipinski definition) is 1. The van der Waals surface area contributed by atoms with E-state index in [1.165, 1.54) is 38.5 Å². The van der Waals surface area contributed by atoms with Gasteiger partial charge in [0.1, 0.15) is 6.54 Å². The van der Waals surface area contributed by atoms with Gasteiger partial charge in [0.15, 0.2) is 12.4 Å². The standard InChI is InChI=1S/C19H32N2O/c1-3-4-5-6-7-9-13-19(20-18(2)22)14-12-17-21-15-10-8-11-16-21/h8,10-11,15-16,19H,3-7,9,12-14,17H2,1-2H3/p+1. The van der Waals surface area contributed by atoms with E-state index in [4.69, 9.17) is 0 Å². The number of aromatic nitrogens is 1. The summed E-state index contributed by atoms with van der Waals surface area (Å²) in [6.07, 6.45) is 15.3.